The number of aliphatic hydroxyl groups is 2. The predicted octanol–water partition coefficient (Wildman–Crippen LogP) is 7.15. The number of carbonyl (C=O) groups is 2. The van der Waals surface area contributed by atoms with E-state index in [4.69, 9.17) is 4.74 Å². The Morgan fingerprint density at radius 2 is 1.61 bits per heavy atom. The quantitative estimate of drug-likeness (QED) is 0.158. The molecular formula is C39H54O7. The number of rotatable bonds is 4. The number of fused-ring (bicyclic) bond motifs is 7. The van der Waals surface area contributed by atoms with E-state index in [0.29, 0.717) is 25.7 Å². The van der Waals surface area contributed by atoms with Crippen LogP contribution in [-0.4, -0.2) is 50.2 Å². The van der Waals surface area contributed by atoms with Gasteiger partial charge in [0.05, 0.1) is 17.1 Å². The van der Waals surface area contributed by atoms with Crippen LogP contribution in [0.2, 0.25) is 0 Å². The lowest BCUT2D eigenvalue weighted by atomic mass is 9.33. The smallest absolute Gasteiger partial charge is 0.331 e. The van der Waals surface area contributed by atoms with Crippen molar-refractivity contribution < 1.29 is 34.8 Å². The molecule has 7 heteroatoms. The van der Waals surface area contributed by atoms with Crippen LogP contribution in [0.4, 0.5) is 0 Å². The molecule has 6 rings (SSSR count). The number of hydrogen-bond acceptors (Lipinski definition) is 6. The highest BCUT2D eigenvalue weighted by Gasteiger charge is 2.72. The van der Waals surface area contributed by atoms with Gasteiger partial charge in [0.15, 0.2) is 0 Å². The van der Waals surface area contributed by atoms with E-state index in [0.717, 1.165) is 36.8 Å². The number of esters is 1. The molecule has 1 aromatic carbocycles. The Balaban J connectivity index is 1.31. The number of aliphatic hydroxyl groups excluding tert-OH is 1. The average Bonchev–Trinajstić information content (AvgIpc) is 2.97. The first-order valence-corrected chi connectivity index (χ1v) is 17.4. The second-order valence-electron chi connectivity index (χ2n) is 17.2. The fraction of sp³-hybridized carbons (Fsp3) is 0.692. The fourth-order valence-corrected chi connectivity index (χ4v) is 12.1. The number of carboxylic acid groups (broad SMARTS) is 1. The van der Waals surface area contributed by atoms with Crippen molar-refractivity contribution >= 4 is 18.0 Å². The molecule has 0 saturated heterocycles. The molecule has 7 nitrogen and oxygen atoms in total. The van der Waals surface area contributed by atoms with Crippen molar-refractivity contribution in [2.45, 2.75) is 118 Å². The van der Waals surface area contributed by atoms with Gasteiger partial charge in [-0.2, -0.15) is 0 Å². The van der Waals surface area contributed by atoms with Crippen LogP contribution in [0.3, 0.4) is 0 Å². The molecule has 0 amide bonds. The summed E-state index contributed by atoms with van der Waals surface area (Å²) in [5, 5.41) is 44.0. The number of phenolic OH excluding ortho intramolecular Hbond substituents is 1. The molecule has 4 saturated carbocycles. The Morgan fingerprint density at radius 3 is 2.26 bits per heavy atom. The molecule has 0 spiro atoms. The van der Waals surface area contributed by atoms with E-state index in [9.17, 15) is 30.0 Å². The van der Waals surface area contributed by atoms with Crippen molar-refractivity contribution in [3.63, 3.8) is 0 Å². The van der Waals surface area contributed by atoms with E-state index >= 15 is 0 Å². The van der Waals surface area contributed by atoms with Gasteiger partial charge in [-0.1, -0.05) is 65.3 Å². The lowest BCUT2D eigenvalue weighted by molar-refractivity contribution is -0.242. The maximum Gasteiger partial charge on any atom is 0.331 e. The van der Waals surface area contributed by atoms with E-state index < -0.39 is 46.5 Å². The third-order valence-corrected chi connectivity index (χ3v) is 14.9. The monoisotopic (exact) mass is 634 g/mol. The molecule has 1 aromatic rings. The average molecular weight is 635 g/mol. The zero-order valence-corrected chi connectivity index (χ0v) is 28.7. The van der Waals surface area contributed by atoms with Crippen molar-refractivity contribution in [1.29, 1.82) is 0 Å². The molecule has 4 fully saturated rings. The van der Waals surface area contributed by atoms with Crippen LogP contribution in [0.1, 0.15) is 105 Å². The summed E-state index contributed by atoms with van der Waals surface area (Å²) >= 11 is 0. The molecule has 0 bridgehead atoms. The van der Waals surface area contributed by atoms with Gasteiger partial charge in [0, 0.05) is 17.4 Å². The van der Waals surface area contributed by atoms with Crippen LogP contribution in [0.25, 0.3) is 6.08 Å². The second kappa shape index (κ2) is 10.7. The number of ether oxygens (including phenoxy) is 1. The second-order valence-corrected chi connectivity index (χ2v) is 17.2. The van der Waals surface area contributed by atoms with Gasteiger partial charge >= 0.3 is 11.9 Å². The first-order valence-electron chi connectivity index (χ1n) is 17.4. The Hall–Kier alpha value is -2.64. The van der Waals surface area contributed by atoms with Gasteiger partial charge < -0.3 is 25.2 Å². The number of aliphatic carboxylic acids is 1. The van der Waals surface area contributed by atoms with E-state index in [2.05, 4.69) is 47.6 Å². The molecule has 5 aliphatic carbocycles. The molecule has 4 N–H and O–H groups in total. The standard InChI is InChI=1S/C39H54O7/c1-23-16-19-39(33(43)44)21-20-36(5)26(31(39)38(23,7)45)13-14-29-35(4)22-27(41)32(34(2,3)28(35)17-18-37(29,36)6)46-30(42)15-10-24-8-11-25(40)12-9-24/h8-13,15,23,27-29,31-32,40-41,45H,14,16-22H2,1-7H3,(H,43,44)/b15-10+/t23-,27-,28-,29+,31-,32+,35+,36-,37-,38-,39+/m1/s1. The zero-order chi connectivity index (χ0) is 33.7. The summed E-state index contributed by atoms with van der Waals surface area (Å²) in [6.07, 6.45) is 9.72. The van der Waals surface area contributed by atoms with Crippen LogP contribution >= 0.6 is 0 Å². The minimum Gasteiger partial charge on any atom is -0.508 e. The largest absolute Gasteiger partial charge is 0.508 e. The topological polar surface area (TPSA) is 124 Å². The minimum atomic E-state index is -1.11. The summed E-state index contributed by atoms with van der Waals surface area (Å²) in [4.78, 5) is 26.0. The minimum absolute atomic E-state index is 0.0110. The highest BCUT2D eigenvalue weighted by Crippen LogP contribution is 2.76. The Morgan fingerprint density at radius 1 is 0.935 bits per heavy atom. The third-order valence-electron chi connectivity index (χ3n) is 14.9. The molecule has 252 valence electrons. The maximum absolute atomic E-state index is 13.0. The van der Waals surface area contributed by atoms with Gasteiger partial charge in [0.25, 0.3) is 0 Å². The van der Waals surface area contributed by atoms with Crippen LogP contribution in [0.5, 0.6) is 5.75 Å². The third kappa shape index (κ3) is 4.50. The molecule has 11 atom stereocenters. The summed E-state index contributed by atoms with van der Waals surface area (Å²) in [5.74, 6) is -1.07. The number of benzene rings is 1. The van der Waals surface area contributed by atoms with Gasteiger partial charge in [0.1, 0.15) is 11.9 Å². The SMILES string of the molecule is C[C@@H]1CC[C@]2(C(=O)O)CC[C@]3(C)C(=CC[C@H]4[C@@]5(C)C[C@@H](O)[C@H](OC(=O)/C=C/c6ccc(O)cc6)C(C)(C)[C@H]5CC[C@]43C)[C@@H]2[C@]1(C)O. The molecule has 0 aromatic heterocycles. The molecule has 0 radical (unpaired) electrons. The van der Waals surface area contributed by atoms with Crippen molar-refractivity contribution in [2.75, 3.05) is 0 Å². The number of aromatic hydroxyl groups is 1. The van der Waals surface area contributed by atoms with Gasteiger partial charge in [-0.05, 0) is 116 Å². The molecule has 5 aliphatic rings. The Kier molecular flexibility index (Phi) is 7.73. The maximum atomic E-state index is 13.0. The van der Waals surface area contributed by atoms with Gasteiger partial charge in [-0.3, -0.25) is 4.79 Å². The molecule has 0 heterocycles. The van der Waals surface area contributed by atoms with Gasteiger partial charge in [-0.25, -0.2) is 4.79 Å². The molecule has 0 unspecified atom stereocenters. The number of phenols is 1. The summed E-state index contributed by atoms with van der Waals surface area (Å²) in [7, 11) is 0. The van der Waals surface area contributed by atoms with Crippen molar-refractivity contribution in [3.8, 4) is 5.75 Å². The number of carbonyl (C=O) groups excluding carboxylic acids is 1. The Bertz CT molecular complexity index is 1460. The van der Waals surface area contributed by atoms with E-state index in [1.807, 2.05) is 6.92 Å². The lowest BCUT2D eigenvalue weighted by Crippen LogP contribution is -2.69. The molecular weight excluding hydrogens is 580 g/mol. The first-order chi connectivity index (χ1) is 21.3. The predicted molar refractivity (Wildman–Crippen MR) is 176 cm³/mol. The lowest BCUT2D eigenvalue weighted by Gasteiger charge is -2.72. The number of carboxylic acids is 1. The fourth-order valence-electron chi connectivity index (χ4n) is 12.1. The van der Waals surface area contributed by atoms with Crippen molar-refractivity contribution in [1.82, 2.24) is 0 Å². The van der Waals surface area contributed by atoms with Crippen LogP contribution in [-0.2, 0) is 14.3 Å². The van der Waals surface area contributed by atoms with E-state index in [-0.39, 0.29) is 39.7 Å². The molecule has 0 aliphatic heterocycles. The number of allylic oxidation sites excluding steroid dienone is 1. The summed E-state index contributed by atoms with van der Waals surface area (Å²) in [6.45, 7) is 15.3. The highest BCUT2D eigenvalue weighted by atomic mass is 16.6. The van der Waals surface area contributed by atoms with Crippen LogP contribution in [0.15, 0.2) is 42.0 Å². The number of hydrogen-bond donors (Lipinski definition) is 4. The highest BCUT2D eigenvalue weighted by molar-refractivity contribution is 5.87. The van der Waals surface area contributed by atoms with Crippen molar-refractivity contribution in [2.24, 2.45) is 50.7 Å². The van der Waals surface area contributed by atoms with Crippen LogP contribution in [0, 0.1) is 50.7 Å². The molecule has 46 heavy (non-hydrogen) atoms. The van der Waals surface area contributed by atoms with E-state index in [1.165, 1.54) is 6.08 Å². The van der Waals surface area contributed by atoms with E-state index in [1.54, 1.807) is 30.3 Å². The Labute approximate surface area is 274 Å². The summed E-state index contributed by atoms with van der Waals surface area (Å²) < 4.78 is 6.03. The summed E-state index contributed by atoms with van der Waals surface area (Å²) in [6, 6.07) is 6.57. The normalized spacial score (nSPS) is 46.2. The van der Waals surface area contributed by atoms with Gasteiger partial charge in [-0.15, -0.1) is 0 Å². The van der Waals surface area contributed by atoms with Crippen LogP contribution < -0.4 is 0 Å². The van der Waals surface area contributed by atoms with Crippen molar-refractivity contribution in [3.05, 3.63) is 47.6 Å². The summed E-state index contributed by atoms with van der Waals surface area (Å²) in [5.41, 5.74) is -1.25. The van der Waals surface area contributed by atoms with Gasteiger partial charge in [0.2, 0.25) is 0 Å². The first kappa shape index (κ1) is 33.3. The zero-order valence-electron chi connectivity index (χ0n) is 28.7.